The molecule has 150 valence electrons. The highest BCUT2D eigenvalue weighted by Crippen LogP contribution is 2.34. The number of hydrogen-bond donors (Lipinski definition) is 3. The third-order valence-electron chi connectivity index (χ3n) is 5.14. The Morgan fingerprint density at radius 2 is 2.31 bits per heavy atom. The Hall–Kier alpha value is -3.31. The first kappa shape index (κ1) is 19.0. The van der Waals surface area contributed by atoms with E-state index >= 15 is 0 Å². The molecule has 4 heterocycles. The van der Waals surface area contributed by atoms with Gasteiger partial charge >= 0.3 is 0 Å². The van der Waals surface area contributed by atoms with Crippen molar-refractivity contribution in [2.45, 2.75) is 32.4 Å². The summed E-state index contributed by atoms with van der Waals surface area (Å²) in [6.07, 6.45) is 11.4. The third-order valence-corrected chi connectivity index (χ3v) is 5.14. The van der Waals surface area contributed by atoms with Gasteiger partial charge in [0, 0.05) is 36.9 Å². The number of aliphatic hydroxyl groups excluding tert-OH is 1. The minimum atomic E-state index is -0.220. The standard InChI is InChI=1S/C21H23N5O3/c1-3-4-18(28)26-10-13(2)7-14(11-26)25-19-16-5-6-22-20(16)23-9-17(19)21-24-8-15(12-27)29-21/h1,5-6,8-9,13-14,27H,4,7,10-12H2,2H3,(H2,22,23,25)/t13-,14+/m0/s1. The fourth-order valence-electron chi connectivity index (χ4n) is 3.89. The van der Waals surface area contributed by atoms with Crippen molar-refractivity contribution in [2.24, 2.45) is 5.92 Å². The molecule has 0 spiro atoms. The Kier molecular flexibility index (Phi) is 5.23. The second-order valence-corrected chi connectivity index (χ2v) is 7.44. The lowest BCUT2D eigenvalue weighted by molar-refractivity contribution is -0.131. The summed E-state index contributed by atoms with van der Waals surface area (Å²) < 4.78 is 5.65. The number of oxazole rings is 1. The Morgan fingerprint density at radius 1 is 1.45 bits per heavy atom. The first-order valence-corrected chi connectivity index (χ1v) is 9.58. The van der Waals surface area contributed by atoms with E-state index in [-0.39, 0.29) is 25.0 Å². The van der Waals surface area contributed by atoms with Crippen LogP contribution >= 0.6 is 0 Å². The normalized spacial score (nSPS) is 19.3. The average Bonchev–Trinajstić information content (AvgIpc) is 3.37. The molecule has 29 heavy (non-hydrogen) atoms. The SMILES string of the molecule is C#CCC(=O)N1C[C@@H](C)C[C@@H](Nc2c(-c3ncc(CO)o3)cnc3[nH]ccc23)C1. The number of H-pyrrole nitrogens is 1. The van der Waals surface area contributed by atoms with Crippen LogP contribution in [0.25, 0.3) is 22.5 Å². The van der Waals surface area contributed by atoms with Gasteiger partial charge in [0.25, 0.3) is 0 Å². The number of aromatic nitrogens is 3. The van der Waals surface area contributed by atoms with E-state index in [1.807, 2.05) is 17.2 Å². The molecule has 8 nitrogen and oxygen atoms in total. The zero-order valence-electron chi connectivity index (χ0n) is 16.2. The number of hydrogen-bond acceptors (Lipinski definition) is 6. The highest BCUT2D eigenvalue weighted by atomic mass is 16.4. The van der Waals surface area contributed by atoms with Crippen LogP contribution < -0.4 is 5.32 Å². The van der Waals surface area contributed by atoms with Crippen molar-refractivity contribution in [3.63, 3.8) is 0 Å². The lowest BCUT2D eigenvalue weighted by atomic mass is 9.95. The molecular weight excluding hydrogens is 370 g/mol. The number of likely N-dealkylation sites (tertiary alicyclic amines) is 1. The molecule has 1 fully saturated rings. The van der Waals surface area contributed by atoms with E-state index in [1.54, 1.807) is 6.20 Å². The zero-order valence-corrected chi connectivity index (χ0v) is 16.2. The number of terminal acetylenes is 1. The van der Waals surface area contributed by atoms with Crippen molar-refractivity contribution in [1.29, 1.82) is 0 Å². The van der Waals surface area contributed by atoms with E-state index in [4.69, 9.17) is 10.8 Å². The van der Waals surface area contributed by atoms with Crippen LogP contribution in [0.4, 0.5) is 5.69 Å². The fraction of sp³-hybridized carbons (Fsp3) is 0.381. The second-order valence-electron chi connectivity index (χ2n) is 7.44. The first-order valence-electron chi connectivity index (χ1n) is 9.58. The number of amides is 1. The number of pyridine rings is 1. The summed E-state index contributed by atoms with van der Waals surface area (Å²) >= 11 is 0. The van der Waals surface area contributed by atoms with Crippen LogP contribution in [0.1, 0.15) is 25.5 Å². The molecule has 2 atom stereocenters. The van der Waals surface area contributed by atoms with E-state index in [1.165, 1.54) is 6.20 Å². The van der Waals surface area contributed by atoms with Gasteiger partial charge in [0.15, 0.2) is 0 Å². The minimum Gasteiger partial charge on any atom is -0.439 e. The highest BCUT2D eigenvalue weighted by molar-refractivity contribution is 5.97. The Labute approximate surface area is 168 Å². The number of anilines is 1. The van der Waals surface area contributed by atoms with E-state index < -0.39 is 0 Å². The maximum atomic E-state index is 12.3. The number of piperidine rings is 1. The second kappa shape index (κ2) is 7.97. The van der Waals surface area contributed by atoms with Crippen molar-refractivity contribution in [3.05, 3.63) is 30.4 Å². The molecule has 3 N–H and O–H groups in total. The lowest BCUT2D eigenvalue weighted by Gasteiger charge is -2.37. The predicted octanol–water partition coefficient (Wildman–Crippen LogP) is 2.38. The van der Waals surface area contributed by atoms with Gasteiger partial charge in [-0.1, -0.05) is 12.8 Å². The van der Waals surface area contributed by atoms with Crippen molar-refractivity contribution in [3.8, 4) is 23.8 Å². The van der Waals surface area contributed by atoms with Crippen LogP contribution in [-0.4, -0.2) is 50.0 Å². The average molecular weight is 393 g/mol. The molecule has 3 aromatic heterocycles. The molecule has 0 saturated carbocycles. The van der Waals surface area contributed by atoms with Crippen LogP contribution in [0, 0.1) is 18.3 Å². The number of rotatable bonds is 5. The van der Waals surface area contributed by atoms with Crippen molar-refractivity contribution < 1.29 is 14.3 Å². The molecule has 1 aliphatic rings. The topological polar surface area (TPSA) is 107 Å². The fourth-order valence-corrected chi connectivity index (χ4v) is 3.89. The number of aliphatic hydroxyl groups is 1. The van der Waals surface area contributed by atoms with Crippen LogP contribution in [0.3, 0.4) is 0 Å². The number of carbonyl (C=O) groups is 1. The summed E-state index contributed by atoms with van der Waals surface area (Å²) in [5, 5.41) is 13.8. The van der Waals surface area contributed by atoms with E-state index in [0.717, 1.165) is 23.1 Å². The number of nitrogens with one attached hydrogen (secondary N) is 2. The largest absolute Gasteiger partial charge is 0.439 e. The zero-order chi connectivity index (χ0) is 20.4. The Balaban J connectivity index is 1.67. The summed E-state index contributed by atoms with van der Waals surface area (Å²) in [7, 11) is 0. The molecule has 4 rings (SSSR count). The number of carbonyl (C=O) groups excluding carboxylic acids is 1. The molecule has 0 bridgehead atoms. The number of nitrogens with zero attached hydrogens (tertiary/aromatic N) is 3. The monoisotopic (exact) mass is 393 g/mol. The van der Waals surface area contributed by atoms with Crippen LogP contribution in [0.15, 0.2) is 29.1 Å². The summed E-state index contributed by atoms with van der Waals surface area (Å²) in [5.41, 5.74) is 2.29. The summed E-state index contributed by atoms with van der Waals surface area (Å²) in [4.78, 5) is 26.0. The Morgan fingerprint density at radius 3 is 3.07 bits per heavy atom. The molecular formula is C21H23N5O3. The van der Waals surface area contributed by atoms with Gasteiger partial charge in [0.2, 0.25) is 11.8 Å². The molecule has 1 saturated heterocycles. The Bertz CT molecular complexity index is 1060. The van der Waals surface area contributed by atoms with E-state index in [9.17, 15) is 9.90 Å². The molecule has 8 heteroatoms. The van der Waals surface area contributed by atoms with Gasteiger partial charge < -0.3 is 24.7 Å². The molecule has 0 unspecified atom stereocenters. The van der Waals surface area contributed by atoms with Gasteiger partial charge in [-0.2, -0.15) is 0 Å². The lowest BCUT2D eigenvalue weighted by Crippen LogP contribution is -2.48. The van der Waals surface area contributed by atoms with Crippen LogP contribution in [0.2, 0.25) is 0 Å². The quantitative estimate of drug-likeness (QED) is 0.575. The summed E-state index contributed by atoms with van der Waals surface area (Å²) in [6.45, 7) is 3.19. The van der Waals surface area contributed by atoms with Gasteiger partial charge in [0.1, 0.15) is 18.0 Å². The smallest absolute Gasteiger partial charge is 0.234 e. The third kappa shape index (κ3) is 3.82. The van der Waals surface area contributed by atoms with Gasteiger partial charge in [-0.25, -0.2) is 9.97 Å². The number of aromatic amines is 1. The first-order chi connectivity index (χ1) is 14.1. The molecule has 1 aliphatic heterocycles. The van der Waals surface area contributed by atoms with E-state index in [2.05, 4.69) is 33.1 Å². The predicted molar refractivity (Wildman–Crippen MR) is 109 cm³/mol. The number of fused-ring (bicyclic) bond motifs is 1. The molecule has 0 aromatic carbocycles. The van der Waals surface area contributed by atoms with Gasteiger partial charge in [-0.05, 0) is 18.4 Å². The van der Waals surface area contributed by atoms with Crippen LogP contribution in [0.5, 0.6) is 0 Å². The van der Waals surface area contributed by atoms with Gasteiger partial charge in [0.05, 0.1) is 23.9 Å². The van der Waals surface area contributed by atoms with E-state index in [0.29, 0.717) is 36.2 Å². The maximum Gasteiger partial charge on any atom is 0.234 e. The van der Waals surface area contributed by atoms with Gasteiger partial charge in [-0.15, -0.1) is 6.42 Å². The summed E-state index contributed by atoms with van der Waals surface area (Å²) in [6, 6.07) is 1.99. The van der Waals surface area contributed by atoms with Crippen molar-refractivity contribution >= 4 is 22.6 Å². The molecule has 3 aromatic rings. The summed E-state index contributed by atoms with van der Waals surface area (Å²) in [5.74, 6) is 3.53. The maximum absolute atomic E-state index is 12.3. The van der Waals surface area contributed by atoms with Gasteiger partial charge in [-0.3, -0.25) is 4.79 Å². The van der Waals surface area contributed by atoms with Crippen molar-refractivity contribution in [2.75, 3.05) is 18.4 Å². The highest BCUT2D eigenvalue weighted by Gasteiger charge is 2.29. The minimum absolute atomic E-state index is 0.0205. The van der Waals surface area contributed by atoms with Crippen LogP contribution in [-0.2, 0) is 11.4 Å². The molecule has 1 amide bonds. The van der Waals surface area contributed by atoms with Crippen molar-refractivity contribution in [1.82, 2.24) is 19.9 Å². The molecule has 0 radical (unpaired) electrons. The molecule has 0 aliphatic carbocycles.